The van der Waals surface area contributed by atoms with Gasteiger partial charge in [-0.15, -0.1) is 0 Å². The Morgan fingerprint density at radius 3 is 3.20 bits per heavy atom. The lowest BCUT2D eigenvalue weighted by Gasteiger charge is -2.16. The van der Waals surface area contributed by atoms with E-state index in [0.717, 1.165) is 18.8 Å². The van der Waals surface area contributed by atoms with Crippen molar-refractivity contribution in [2.24, 2.45) is 0 Å². The second-order valence-electron chi connectivity index (χ2n) is 4.05. The molecule has 0 aromatic carbocycles. The van der Waals surface area contributed by atoms with Crippen molar-refractivity contribution in [3.8, 4) is 0 Å². The molecule has 2 heterocycles. The fourth-order valence-electron chi connectivity index (χ4n) is 1.89. The molecule has 82 valence electrons. The fourth-order valence-corrected chi connectivity index (χ4v) is 1.89. The normalized spacial score (nSPS) is 22.9. The van der Waals surface area contributed by atoms with Crippen molar-refractivity contribution in [1.29, 1.82) is 0 Å². The van der Waals surface area contributed by atoms with Crippen molar-refractivity contribution in [2.45, 2.75) is 31.8 Å². The highest BCUT2D eigenvalue weighted by Crippen LogP contribution is 2.08. The van der Waals surface area contributed by atoms with Crippen LogP contribution in [0.25, 0.3) is 0 Å². The third kappa shape index (κ3) is 2.97. The summed E-state index contributed by atoms with van der Waals surface area (Å²) in [5, 5.41) is 6.94. The molecule has 0 radical (unpaired) electrons. The topological polar surface area (TPSA) is 49.8 Å². The average molecular weight is 206 g/mol. The van der Waals surface area contributed by atoms with E-state index in [-0.39, 0.29) is 6.04 Å². The summed E-state index contributed by atoms with van der Waals surface area (Å²) in [5.41, 5.74) is 1.01. The molecule has 15 heavy (non-hydrogen) atoms. The van der Waals surface area contributed by atoms with Gasteiger partial charge in [-0.25, -0.2) is 0 Å². The van der Waals surface area contributed by atoms with E-state index in [0.29, 0.717) is 6.04 Å². The van der Waals surface area contributed by atoms with Crippen LogP contribution in [-0.2, 0) is 0 Å². The Labute approximate surface area is 90.5 Å². The molecule has 1 aliphatic rings. The second kappa shape index (κ2) is 5.19. The molecule has 1 aromatic rings. The Kier molecular flexibility index (Phi) is 3.64. The summed E-state index contributed by atoms with van der Waals surface area (Å²) in [6.45, 7) is 4.29. The molecule has 0 amide bonds. The number of rotatable bonds is 4. The van der Waals surface area contributed by atoms with Gasteiger partial charge in [0, 0.05) is 37.2 Å². The summed E-state index contributed by atoms with van der Waals surface area (Å²) in [5.74, 6) is 0. The van der Waals surface area contributed by atoms with E-state index in [4.69, 9.17) is 0 Å². The fraction of sp³-hybridized carbons (Fsp3) is 0.636. The van der Waals surface area contributed by atoms with E-state index < -0.39 is 0 Å². The summed E-state index contributed by atoms with van der Waals surface area (Å²) in [6, 6.07) is 0.908. The SMILES string of the molecule is CC(NCC1CCCN1)c1cnccn1. The molecule has 1 fully saturated rings. The molecule has 0 bridgehead atoms. The van der Waals surface area contributed by atoms with Crippen molar-refractivity contribution in [2.75, 3.05) is 13.1 Å². The van der Waals surface area contributed by atoms with Crippen LogP contribution < -0.4 is 10.6 Å². The van der Waals surface area contributed by atoms with Crippen LogP contribution in [0.2, 0.25) is 0 Å². The zero-order chi connectivity index (χ0) is 10.5. The van der Waals surface area contributed by atoms with Gasteiger partial charge in [0.05, 0.1) is 5.69 Å². The molecule has 0 spiro atoms. The lowest BCUT2D eigenvalue weighted by atomic mass is 10.2. The van der Waals surface area contributed by atoms with Gasteiger partial charge in [0.2, 0.25) is 0 Å². The van der Waals surface area contributed by atoms with Gasteiger partial charge in [0.15, 0.2) is 0 Å². The minimum absolute atomic E-state index is 0.279. The lowest BCUT2D eigenvalue weighted by Crippen LogP contribution is -2.35. The van der Waals surface area contributed by atoms with Crippen molar-refractivity contribution in [3.05, 3.63) is 24.3 Å². The van der Waals surface area contributed by atoms with Crippen LogP contribution in [-0.4, -0.2) is 29.1 Å². The maximum Gasteiger partial charge on any atom is 0.0753 e. The molecule has 4 heteroatoms. The van der Waals surface area contributed by atoms with Crippen LogP contribution in [0.3, 0.4) is 0 Å². The number of aromatic nitrogens is 2. The molecular formula is C11H18N4. The molecule has 2 atom stereocenters. The Hall–Kier alpha value is -1.00. The monoisotopic (exact) mass is 206 g/mol. The Bertz CT molecular complexity index is 282. The molecule has 1 aromatic heterocycles. The molecule has 4 nitrogen and oxygen atoms in total. The molecular weight excluding hydrogens is 188 g/mol. The van der Waals surface area contributed by atoms with Gasteiger partial charge in [0.1, 0.15) is 0 Å². The van der Waals surface area contributed by atoms with E-state index >= 15 is 0 Å². The molecule has 1 saturated heterocycles. The molecule has 2 rings (SSSR count). The number of hydrogen-bond donors (Lipinski definition) is 2. The third-order valence-corrected chi connectivity index (χ3v) is 2.86. The standard InChI is InChI=1S/C11H18N4/c1-9(11-8-12-5-6-14-11)15-7-10-3-2-4-13-10/h5-6,8-10,13,15H,2-4,7H2,1H3. The summed E-state index contributed by atoms with van der Waals surface area (Å²) in [7, 11) is 0. The highest BCUT2D eigenvalue weighted by atomic mass is 15.0. The molecule has 0 aliphatic carbocycles. The molecule has 0 saturated carbocycles. The molecule has 2 N–H and O–H groups in total. The first-order valence-electron chi connectivity index (χ1n) is 5.59. The van der Waals surface area contributed by atoms with Crippen molar-refractivity contribution >= 4 is 0 Å². The summed E-state index contributed by atoms with van der Waals surface area (Å²) in [4.78, 5) is 8.35. The van der Waals surface area contributed by atoms with E-state index in [2.05, 4.69) is 27.5 Å². The van der Waals surface area contributed by atoms with Crippen molar-refractivity contribution < 1.29 is 0 Å². The zero-order valence-electron chi connectivity index (χ0n) is 9.11. The maximum atomic E-state index is 4.28. The average Bonchev–Trinajstić information content (AvgIpc) is 2.80. The smallest absolute Gasteiger partial charge is 0.0753 e. The third-order valence-electron chi connectivity index (χ3n) is 2.86. The van der Waals surface area contributed by atoms with E-state index in [1.54, 1.807) is 12.4 Å². The Morgan fingerprint density at radius 1 is 1.60 bits per heavy atom. The highest BCUT2D eigenvalue weighted by Gasteiger charge is 2.15. The van der Waals surface area contributed by atoms with Gasteiger partial charge in [-0.3, -0.25) is 9.97 Å². The van der Waals surface area contributed by atoms with Crippen LogP contribution in [0.1, 0.15) is 31.5 Å². The number of nitrogens with one attached hydrogen (secondary N) is 2. The predicted octanol–water partition coefficient (Wildman–Crippen LogP) is 0.879. The molecule has 2 unspecified atom stereocenters. The first-order chi connectivity index (χ1) is 7.36. The van der Waals surface area contributed by atoms with Crippen LogP contribution in [0.15, 0.2) is 18.6 Å². The van der Waals surface area contributed by atoms with Gasteiger partial charge in [-0.1, -0.05) is 0 Å². The largest absolute Gasteiger partial charge is 0.313 e. The first kappa shape index (κ1) is 10.5. The van der Waals surface area contributed by atoms with E-state index in [1.165, 1.54) is 12.8 Å². The zero-order valence-corrected chi connectivity index (χ0v) is 9.11. The molecule has 1 aliphatic heterocycles. The second-order valence-corrected chi connectivity index (χ2v) is 4.05. The Balaban J connectivity index is 1.79. The lowest BCUT2D eigenvalue weighted by molar-refractivity contribution is 0.483. The Morgan fingerprint density at radius 2 is 2.53 bits per heavy atom. The van der Waals surface area contributed by atoms with Gasteiger partial charge in [-0.2, -0.15) is 0 Å². The van der Waals surface area contributed by atoms with Crippen LogP contribution in [0, 0.1) is 0 Å². The van der Waals surface area contributed by atoms with Gasteiger partial charge in [0.25, 0.3) is 0 Å². The van der Waals surface area contributed by atoms with Crippen LogP contribution in [0.5, 0.6) is 0 Å². The van der Waals surface area contributed by atoms with Gasteiger partial charge >= 0.3 is 0 Å². The minimum Gasteiger partial charge on any atom is -0.313 e. The summed E-state index contributed by atoms with van der Waals surface area (Å²) in [6.07, 6.45) is 7.84. The minimum atomic E-state index is 0.279. The van der Waals surface area contributed by atoms with Crippen molar-refractivity contribution in [1.82, 2.24) is 20.6 Å². The number of hydrogen-bond acceptors (Lipinski definition) is 4. The van der Waals surface area contributed by atoms with Crippen molar-refractivity contribution in [3.63, 3.8) is 0 Å². The van der Waals surface area contributed by atoms with Gasteiger partial charge < -0.3 is 10.6 Å². The van der Waals surface area contributed by atoms with E-state index in [9.17, 15) is 0 Å². The summed E-state index contributed by atoms with van der Waals surface area (Å²) >= 11 is 0. The quantitative estimate of drug-likeness (QED) is 0.768. The highest BCUT2D eigenvalue weighted by molar-refractivity contribution is 5.00. The predicted molar refractivity (Wildman–Crippen MR) is 59.5 cm³/mol. The van der Waals surface area contributed by atoms with Gasteiger partial charge in [-0.05, 0) is 26.3 Å². The number of nitrogens with zero attached hydrogens (tertiary/aromatic N) is 2. The first-order valence-corrected chi connectivity index (χ1v) is 5.59. The summed E-state index contributed by atoms with van der Waals surface area (Å²) < 4.78 is 0. The maximum absolute atomic E-state index is 4.28. The van der Waals surface area contributed by atoms with Crippen LogP contribution in [0.4, 0.5) is 0 Å². The van der Waals surface area contributed by atoms with E-state index in [1.807, 2.05) is 6.20 Å². The van der Waals surface area contributed by atoms with Crippen LogP contribution >= 0.6 is 0 Å².